The van der Waals surface area contributed by atoms with Crippen molar-refractivity contribution >= 4 is 23.2 Å². The summed E-state index contributed by atoms with van der Waals surface area (Å²) < 4.78 is 5.62. The van der Waals surface area contributed by atoms with Crippen molar-refractivity contribution in [3.63, 3.8) is 0 Å². The molecule has 6 heteroatoms. The summed E-state index contributed by atoms with van der Waals surface area (Å²) in [6, 6.07) is 16.2. The van der Waals surface area contributed by atoms with Gasteiger partial charge in [0, 0.05) is 38.4 Å². The van der Waals surface area contributed by atoms with Gasteiger partial charge < -0.3 is 9.64 Å². The van der Waals surface area contributed by atoms with E-state index in [4.69, 9.17) is 16.3 Å². The quantitative estimate of drug-likeness (QED) is 0.505. The van der Waals surface area contributed by atoms with Crippen LogP contribution in [-0.2, 0) is 0 Å². The number of ether oxygens (including phenoxy) is 1. The fourth-order valence-electron chi connectivity index (χ4n) is 4.00. The van der Waals surface area contributed by atoms with Crippen molar-refractivity contribution < 1.29 is 9.53 Å². The monoisotopic (exact) mass is 425 g/mol. The highest BCUT2D eigenvalue weighted by atomic mass is 35.5. The summed E-state index contributed by atoms with van der Waals surface area (Å²) in [6.45, 7) is 7.85. The number of anilines is 1. The van der Waals surface area contributed by atoms with Gasteiger partial charge in [0.25, 0.3) is 5.91 Å². The summed E-state index contributed by atoms with van der Waals surface area (Å²) in [5.74, 6) is 0.470. The van der Waals surface area contributed by atoms with E-state index in [0.29, 0.717) is 23.0 Å². The second-order valence-corrected chi connectivity index (χ2v) is 8.27. The molecule has 30 heavy (non-hydrogen) atoms. The Balaban J connectivity index is 1.24. The van der Waals surface area contributed by atoms with Crippen molar-refractivity contribution in [2.24, 2.45) is 0 Å². The molecule has 158 valence electrons. The molecule has 1 fully saturated rings. The standard InChI is InChI=1S/C24H28ClN3O2/c1-19-9-10-21-22(17-19)30-18-23(25)28(24(21)29)12-6-5-11-26-13-15-27(16-14-26)20-7-3-2-4-8-20/h2-4,7-10,17-18H,5-6,11-16H2,1H3. The van der Waals surface area contributed by atoms with Gasteiger partial charge in [0.05, 0.1) is 5.56 Å². The molecule has 0 atom stereocenters. The molecule has 2 aromatic carbocycles. The van der Waals surface area contributed by atoms with E-state index in [2.05, 4.69) is 40.1 Å². The van der Waals surface area contributed by atoms with Crippen LogP contribution in [0.2, 0.25) is 0 Å². The van der Waals surface area contributed by atoms with E-state index in [-0.39, 0.29) is 5.91 Å². The number of hydrogen-bond acceptors (Lipinski definition) is 4. The van der Waals surface area contributed by atoms with Gasteiger partial charge in [-0.1, -0.05) is 35.9 Å². The average molecular weight is 426 g/mol. The molecule has 2 aromatic rings. The first-order valence-corrected chi connectivity index (χ1v) is 11.0. The molecule has 1 amide bonds. The van der Waals surface area contributed by atoms with Gasteiger partial charge in [-0.25, -0.2) is 0 Å². The molecule has 5 nitrogen and oxygen atoms in total. The molecule has 0 bridgehead atoms. The predicted octanol–water partition coefficient (Wildman–Crippen LogP) is 4.47. The maximum Gasteiger partial charge on any atom is 0.262 e. The molecule has 0 saturated carbocycles. The number of nitrogens with zero attached hydrogens (tertiary/aromatic N) is 3. The number of piperazine rings is 1. The third kappa shape index (κ3) is 4.79. The number of fused-ring (bicyclic) bond motifs is 1. The summed E-state index contributed by atoms with van der Waals surface area (Å²) in [5, 5.41) is 0.338. The lowest BCUT2D eigenvalue weighted by Gasteiger charge is -2.36. The third-order valence-electron chi connectivity index (χ3n) is 5.75. The second kappa shape index (κ2) is 9.54. The van der Waals surface area contributed by atoms with E-state index in [9.17, 15) is 4.79 Å². The number of amides is 1. The van der Waals surface area contributed by atoms with Gasteiger partial charge in [-0.3, -0.25) is 14.6 Å². The van der Waals surface area contributed by atoms with Crippen LogP contribution in [-0.4, -0.2) is 55.0 Å². The summed E-state index contributed by atoms with van der Waals surface area (Å²) >= 11 is 6.34. The number of rotatable bonds is 6. The highest BCUT2D eigenvalue weighted by Crippen LogP contribution is 2.28. The molecule has 4 rings (SSSR count). The Morgan fingerprint density at radius 2 is 1.70 bits per heavy atom. The maximum absolute atomic E-state index is 12.9. The molecule has 0 radical (unpaired) electrons. The predicted molar refractivity (Wildman–Crippen MR) is 121 cm³/mol. The second-order valence-electron chi connectivity index (χ2n) is 7.89. The van der Waals surface area contributed by atoms with Crippen molar-refractivity contribution in [1.29, 1.82) is 0 Å². The highest BCUT2D eigenvalue weighted by molar-refractivity contribution is 6.30. The number of halogens is 1. The van der Waals surface area contributed by atoms with Crippen LogP contribution in [0, 0.1) is 6.92 Å². The molecule has 2 heterocycles. The third-order valence-corrected chi connectivity index (χ3v) is 6.05. The average Bonchev–Trinajstić information content (AvgIpc) is 2.89. The fraction of sp³-hybridized carbons (Fsp3) is 0.375. The lowest BCUT2D eigenvalue weighted by Crippen LogP contribution is -2.46. The smallest absolute Gasteiger partial charge is 0.262 e. The van der Waals surface area contributed by atoms with Gasteiger partial charge >= 0.3 is 0 Å². The van der Waals surface area contributed by atoms with E-state index in [1.165, 1.54) is 11.9 Å². The molecule has 1 saturated heterocycles. The van der Waals surface area contributed by atoms with Crippen LogP contribution < -0.4 is 9.64 Å². The molecular weight excluding hydrogens is 398 g/mol. The summed E-state index contributed by atoms with van der Waals surface area (Å²) in [6.07, 6.45) is 3.39. The zero-order valence-corrected chi connectivity index (χ0v) is 18.1. The Bertz CT molecular complexity index is 908. The van der Waals surface area contributed by atoms with Crippen LogP contribution in [0.1, 0.15) is 28.8 Å². The van der Waals surface area contributed by atoms with Crippen molar-refractivity contribution in [2.45, 2.75) is 19.8 Å². The highest BCUT2D eigenvalue weighted by Gasteiger charge is 2.25. The van der Waals surface area contributed by atoms with Crippen LogP contribution in [0.25, 0.3) is 0 Å². The zero-order valence-electron chi connectivity index (χ0n) is 17.4. The summed E-state index contributed by atoms with van der Waals surface area (Å²) in [4.78, 5) is 19.5. The lowest BCUT2D eigenvalue weighted by atomic mass is 10.1. The van der Waals surface area contributed by atoms with Crippen LogP contribution in [0.5, 0.6) is 5.75 Å². The fourth-order valence-corrected chi connectivity index (χ4v) is 4.21. The number of carbonyl (C=O) groups is 1. The molecule has 0 unspecified atom stereocenters. The Labute approximate surface area is 183 Å². The van der Waals surface area contributed by atoms with Crippen molar-refractivity contribution in [3.8, 4) is 5.75 Å². The minimum Gasteiger partial charge on any atom is -0.461 e. The number of hydrogen-bond donors (Lipinski definition) is 0. The Kier molecular flexibility index (Phi) is 6.60. The Hall–Kier alpha value is -2.50. The SMILES string of the molecule is Cc1ccc2c(c1)OC=C(Cl)N(CCCCN1CCN(c3ccccc3)CC1)C2=O. The summed E-state index contributed by atoms with van der Waals surface area (Å²) in [7, 11) is 0. The number of benzene rings is 2. The van der Waals surface area contributed by atoms with Gasteiger partial charge in [0.1, 0.15) is 17.2 Å². The Morgan fingerprint density at radius 1 is 0.967 bits per heavy atom. The number of carbonyl (C=O) groups excluding carboxylic acids is 1. The van der Waals surface area contributed by atoms with Crippen LogP contribution in [0.15, 0.2) is 59.9 Å². The first-order chi connectivity index (χ1) is 14.6. The summed E-state index contributed by atoms with van der Waals surface area (Å²) in [5.41, 5.74) is 2.91. The first kappa shape index (κ1) is 20.8. The van der Waals surface area contributed by atoms with Crippen LogP contribution in [0.4, 0.5) is 5.69 Å². The van der Waals surface area contributed by atoms with Crippen LogP contribution in [0.3, 0.4) is 0 Å². The number of unbranched alkanes of at least 4 members (excludes halogenated alkanes) is 1. The van der Waals surface area contributed by atoms with Gasteiger partial charge in [0.2, 0.25) is 0 Å². The van der Waals surface area contributed by atoms with Crippen molar-refractivity contribution in [2.75, 3.05) is 44.2 Å². The maximum atomic E-state index is 12.9. The van der Waals surface area contributed by atoms with Gasteiger partial charge in [-0.05, 0) is 56.1 Å². The van der Waals surface area contributed by atoms with E-state index in [1.54, 1.807) is 4.90 Å². The topological polar surface area (TPSA) is 36.0 Å². The van der Waals surface area contributed by atoms with Crippen molar-refractivity contribution in [3.05, 3.63) is 71.1 Å². The van der Waals surface area contributed by atoms with Crippen molar-refractivity contribution in [1.82, 2.24) is 9.80 Å². The number of para-hydroxylation sites is 1. The van der Waals surface area contributed by atoms with E-state index >= 15 is 0 Å². The molecular formula is C24H28ClN3O2. The van der Waals surface area contributed by atoms with Gasteiger partial charge in [-0.2, -0.15) is 0 Å². The molecule has 0 aromatic heterocycles. The molecule has 2 aliphatic rings. The van der Waals surface area contributed by atoms with Crippen LogP contribution >= 0.6 is 11.6 Å². The van der Waals surface area contributed by atoms with E-state index < -0.39 is 0 Å². The molecule has 0 N–H and O–H groups in total. The number of aryl methyl sites for hydroxylation is 1. The van der Waals surface area contributed by atoms with Gasteiger partial charge in [-0.15, -0.1) is 0 Å². The first-order valence-electron chi connectivity index (χ1n) is 10.6. The lowest BCUT2D eigenvalue weighted by molar-refractivity contribution is 0.0814. The van der Waals surface area contributed by atoms with Gasteiger partial charge in [0.15, 0.2) is 0 Å². The molecule has 2 aliphatic heterocycles. The molecule has 0 aliphatic carbocycles. The van der Waals surface area contributed by atoms with E-state index in [0.717, 1.165) is 51.1 Å². The van der Waals surface area contributed by atoms with E-state index in [1.807, 2.05) is 25.1 Å². The molecule has 0 spiro atoms. The normalized spacial score (nSPS) is 17.3. The largest absolute Gasteiger partial charge is 0.461 e. The minimum atomic E-state index is -0.0970. The zero-order chi connectivity index (χ0) is 20.9. The minimum absolute atomic E-state index is 0.0970. The Morgan fingerprint density at radius 3 is 2.47 bits per heavy atom.